The Morgan fingerprint density at radius 3 is 2.45 bits per heavy atom. The minimum absolute atomic E-state index is 0.0596. The summed E-state index contributed by atoms with van der Waals surface area (Å²) in [5, 5.41) is 0.0596. The van der Waals surface area contributed by atoms with Crippen LogP contribution < -0.4 is 4.74 Å². The number of carbonyl (C=O) groups excluding carboxylic acids is 2. The Morgan fingerprint density at radius 1 is 1.10 bits per heavy atom. The third-order valence-corrected chi connectivity index (χ3v) is 6.75. The number of carbonyl (C=O) groups is 2. The molecule has 158 valence electrons. The van der Waals surface area contributed by atoms with Gasteiger partial charge in [0.05, 0.1) is 13.0 Å². The van der Waals surface area contributed by atoms with Crippen LogP contribution >= 0.6 is 11.8 Å². The molecule has 2 atom stereocenters. The molecule has 0 heterocycles. The van der Waals surface area contributed by atoms with Crippen LogP contribution in [0.2, 0.25) is 0 Å². The van der Waals surface area contributed by atoms with Crippen molar-refractivity contribution in [2.75, 3.05) is 12.9 Å². The maximum Gasteiger partial charge on any atom is 0.216 e. The highest BCUT2D eigenvalue weighted by Gasteiger charge is 2.45. The summed E-state index contributed by atoms with van der Waals surface area (Å²) in [4.78, 5) is 26.7. The van der Waals surface area contributed by atoms with Gasteiger partial charge in [0.1, 0.15) is 5.75 Å². The number of thioether (sulfide) groups is 1. The molecular formula is C27H26O3S. The van der Waals surface area contributed by atoms with E-state index in [4.69, 9.17) is 4.74 Å². The van der Waals surface area contributed by atoms with Crippen LogP contribution in [0.4, 0.5) is 0 Å². The molecule has 0 spiro atoms. The van der Waals surface area contributed by atoms with Gasteiger partial charge in [-0.2, -0.15) is 0 Å². The Morgan fingerprint density at radius 2 is 1.81 bits per heavy atom. The molecule has 2 aliphatic rings. The summed E-state index contributed by atoms with van der Waals surface area (Å²) < 4.78 is 5.31. The molecule has 2 aromatic carbocycles. The van der Waals surface area contributed by atoms with Crippen LogP contribution in [0.15, 0.2) is 83.0 Å². The number of ketones is 1. The standard InChI is InChI=1S/C27H26O3S/c1-4-31-27(29)23-17(2)14-20-16-21(15-18-8-6-5-7-9-18)26(28)25(20)24(23)19-10-12-22(30-3)13-11-19/h5-15,24-25H,4,16H2,1-3H3/b21-15-. The van der Waals surface area contributed by atoms with Crippen LogP contribution in [0.1, 0.15) is 37.3 Å². The Bertz CT molecular complexity index is 1090. The van der Waals surface area contributed by atoms with E-state index in [9.17, 15) is 9.59 Å². The smallest absolute Gasteiger partial charge is 0.216 e. The van der Waals surface area contributed by atoms with Gasteiger partial charge in [0, 0.05) is 17.1 Å². The van der Waals surface area contributed by atoms with E-state index < -0.39 is 0 Å². The van der Waals surface area contributed by atoms with Crippen molar-refractivity contribution in [1.29, 1.82) is 0 Å². The molecule has 4 rings (SSSR count). The van der Waals surface area contributed by atoms with Crippen LogP contribution in [0.5, 0.6) is 5.75 Å². The topological polar surface area (TPSA) is 43.4 Å². The Kier molecular flexibility index (Phi) is 6.28. The number of methoxy groups -OCH3 is 1. The summed E-state index contributed by atoms with van der Waals surface area (Å²) in [6.45, 7) is 3.97. The summed E-state index contributed by atoms with van der Waals surface area (Å²) in [7, 11) is 1.63. The van der Waals surface area contributed by atoms with Crippen LogP contribution in [-0.2, 0) is 9.59 Å². The number of rotatable bonds is 5. The first-order valence-electron chi connectivity index (χ1n) is 10.6. The number of ether oxygens (including phenoxy) is 1. The summed E-state index contributed by atoms with van der Waals surface area (Å²) >= 11 is 1.31. The molecule has 0 aromatic heterocycles. The lowest BCUT2D eigenvalue weighted by Crippen LogP contribution is -2.27. The maximum absolute atomic E-state index is 13.6. The third kappa shape index (κ3) is 4.17. The fraction of sp³-hybridized carbons (Fsp3) is 0.259. The highest BCUT2D eigenvalue weighted by Crippen LogP contribution is 2.50. The number of fused-ring (bicyclic) bond motifs is 1. The second-order valence-corrected chi connectivity index (χ2v) is 9.12. The van der Waals surface area contributed by atoms with Gasteiger partial charge in [-0.1, -0.05) is 72.8 Å². The van der Waals surface area contributed by atoms with Crippen molar-refractivity contribution in [1.82, 2.24) is 0 Å². The fourth-order valence-corrected chi connectivity index (χ4v) is 5.30. The van der Waals surface area contributed by atoms with Crippen LogP contribution in [0.3, 0.4) is 0 Å². The van der Waals surface area contributed by atoms with Crippen LogP contribution in [-0.4, -0.2) is 23.8 Å². The van der Waals surface area contributed by atoms with E-state index in [1.165, 1.54) is 11.8 Å². The molecule has 2 aliphatic carbocycles. The van der Waals surface area contributed by atoms with E-state index in [-0.39, 0.29) is 22.7 Å². The van der Waals surface area contributed by atoms with Crippen LogP contribution in [0, 0.1) is 5.92 Å². The van der Waals surface area contributed by atoms with E-state index >= 15 is 0 Å². The first-order valence-corrected chi connectivity index (χ1v) is 11.5. The monoisotopic (exact) mass is 430 g/mol. The first kappa shape index (κ1) is 21.4. The molecule has 1 fully saturated rings. The normalized spacial score (nSPS) is 21.8. The molecule has 2 unspecified atom stereocenters. The number of hydrogen-bond donors (Lipinski definition) is 0. The van der Waals surface area contributed by atoms with Crippen molar-refractivity contribution in [2.45, 2.75) is 26.2 Å². The largest absolute Gasteiger partial charge is 0.497 e. The fourth-order valence-electron chi connectivity index (χ4n) is 4.60. The van der Waals surface area contributed by atoms with Crippen molar-refractivity contribution in [3.05, 3.63) is 94.1 Å². The summed E-state index contributed by atoms with van der Waals surface area (Å²) in [6, 6.07) is 17.7. The number of hydrogen-bond acceptors (Lipinski definition) is 4. The second kappa shape index (κ2) is 9.11. The quantitative estimate of drug-likeness (QED) is 0.547. The minimum Gasteiger partial charge on any atom is -0.497 e. The number of Topliss-reactive ketones (excluding diaryl/α,β-unsaturated/α-hetero) is 1. The van der Waals surface area contributed by atoms with Gasteiger partial charge in [0.25, 0.3) is 0 Å². The summed E-state index contributed by atoms with van der Waals surface area (Å²) in [5.41, 5.74) is 5.62. The van der Waals surface area contributed by atoms with Gasteiger partial charge in [-0.05, 0) is 54.0 Å². The molecule has 0 bridgehead atoms. The lowest BCUT2D eigenvalue weighted by Gasteiger charge is -2.31. The van der Waals surface area contributed by atoms with Gasteiger partial charge in [0.15, 0.2) is 5.78 Å². The predicted octanol–water partition coefficient (Wildman–Crippen LogP) is 5.99. The molecule has 3 nitrogen and oxygen atoms in total. The molecule has 0 amide bonds. The van der Waals surface area contributed by atoms with E-state index in [2.05, 4.69) is 6.08 Å². The highest BCUT2D eigenvalue weighted by atomic mass is 32.2. The van der Waals surface area contributed by atoms with E-state index in [0.717, 1.165) is 39.2 Å². The van der Waals surface area contributed by atoms with Crippen molar-refractivity contribution >= 4 is 28.7 Å². The lowest BCUT2D eigenvalue weighted by molar-refractivity contribution is -0.117. The van der Waals surface area contributed by atoms with Gasteiger partial charge in [-0.25, -0.2) is 0 Å². The molecule has 1 saturated carbocycles. The van der Waals surface area contributed by atoms with E-state index in [0.29, 0.717) is 12.2 Å². The SMILES string of the molecule is CCSC(=O)C1=C(C)C=C2C/C(=C/c3ccccc3)C(=O)C2C1c1ccc(OC)cc1. The number of benzene rings is 2. The molecule has 0 N–H and O–H groups in total. The van der Waals surface area contributed by atoms with Crippen molar-refractivity contribution < 1.29 is 14.3 Å². The maximum atomic E-state index is 13.6. The molecule has 2 aromatic rings. The first-order chi connectivity index (χ1) is 15.0. The molecule has 0 aliphatic heterocycles. The Balaban J connectivity index is 1.80. The van der Waals surface area contributed by atoms with Gasteiger partial charge in [0.2, 0.25) is 5.12 Å². The third-order valence-electron chi connectivity index (χ3n) is 5.97. The zero-order valence-corrected chi connectivity index (χ0v) is 18.9. The number of allylic oxidation sites excluding steroid dienone is 4. The molecular weight excluding hydrogens is 404 g/mol. The average Bonchev–Trinajstić information content (AvgIpc) is 3.08. The van der Waals surface area contributed by atoms with E-state index in [1.54, 1.807) is 7.11 Å². The van der Waals surface area contributed by atoms with E-state index in [1.807, 2.05) is 74.5 Å². The van der Waals surface area contributed by atoms with Gasteiger partial charge >= 0.3 is 0 Å². The van der Waals surface area contributed by atoms with Gasteiger partial charge in [-0.15, -0.1) is 0 Å². The Hall–Kier alpha value is -2.85. The van der Waals surface area contributed by atoms with Gasteiger partial charge < -0.3 is 4.74 Å². The van der Waals surface area contributed by atoms with Crippen molar-refractivity contribution in [3.8, 4) is 5.75 Å². The second-order valence-electron chi connectivity index (χ2n) is 7.89. The minimum atomic E-state index is -0.330. The zero-order valence-electron chi connectivity index (χ0n) is 18.1. The summed E-state index contributed by atoms with van der Waals surface area (Å²) in [6.07, 6.45) is 4.69. The van der Waals surface area contributed by atoms with Crippen molar-refractivity contribution in [2.24, 2.45) is 5.92 Å². The molecule has 4 heteroatoms. The van der Waals surface area contributed by atoms with Crippen molar-refractivity contribution in [3.63, 3.8) is 0 Å². The average molecular weight is 431 g/mol. The zero-order chi connectivity index (χ0) is 22.0. The summed E-state index contributed by atoms with van der Waals surface area (Å²) in [5.74, 6) is 0.985. The van der Waals surface area contributed by atoms with Crippen LogP contribution in [0.25, 0.3) is 6.08 Å². The molecule has 0 radical (unpaired) electrons. The van der Waals surface area contributed by atoms with Gasteiger partial charge in [-0.3, -0.25) is 9.59 Å². The lowest BCUT2D eigenvalue weighted by atomic mass is 9.72. The predicted molar refractivity (Wildman–Crippen MR) is 127 cm³/mol. The Labute approximate surface area is 187 Å². The molecule has 31 heavy (non-hydrogen) atoms. The molecule has 0 saturated heterocycles. The highest BCUT2D eigenvalue weighted by molar-refractivity contribution is 8.14.